The van der Waals surface area contributed by atoms with Crippen molar-refractivity contribution in [1.29, 1.82) is 10.5 Å². The molecular weight excluding hydrogens is 236 g/mol. The average molecular weight is 248 g/mol. The highest BCUT2D eigenvalue weighted by atomic mass is 14.9. The smallest absolute Gasteiger partial charge is 0.101 e. The zero-order chi connectivity index (χ0) is 13.8. The monoisotopic (exact) mass is 248 g/mol. The van der Waals surface area contributed by atoms with Gasteiger partial charge in [0.15, 0.2) is 0 Å². The van der Waals surface area contributed by atoms with E-state index in [-0.39, 0.29) is 0 Å². The molecule has 3 N–H and O–H groups in total. The van der Waals surface area contributed by atoms with Crippen LogP contribution in [-0.4, -0.2) is 0 Å². The van der Waals surface area contributed by atoms with Crippen LogP contribution in [0.4, 0.5) is 17.1 Å². The minimum atomic E-state index is 0.346. The second-order valence-corrected chi connectivity index (χ2v) is 4.15. The van der Waals surface area contributed by atoms with Gasteiger partial charge in [0, 0.05) is 5.69 Å². The van der Waals surface area contributed by atoms with Crippen LogP contribution in [0.5, 0.6) is 0 Å². The topological polar surface area (TPSA) is 85.6 Å². The molecule has 0 saturated carbocycles. The van der Waals surface area contributed by atoms with E-state index in [1.807, 2.05) is 37.3 Å². The Balaban J connectivity index is 2.38. The van der Waals surface area contributed by atoms with E-state index in [4.69, 9.17) is 16.3 Å². The highest BCUT2D eigenvalue weighted by molar-refractivity contribution is 5.75. The van der Waals surface area contributed by atoms with Crippen LogP contribution in [-0.2, 0) is 0 Å². The van der Waals surface area contributed by atoms with E-state index in [1.165, 1.54) is 0 Å². The summed E-state index contributed by atoms with van der Waals surface area (Å²) in [6.07, 6.45) is 0. The van der Waals surface area contributed by atoms with E-state index in [9.17, 15) is 0 Å². The van der Waals surface area contributed by atoms with Crippen LogP contribution < -0.4 is 11.1 Å². The second-order valence-electron chi connectivity index (χ2n) is 4.15. The Morgan fingerprint density at radius 2 is 1.79 bits per heavy atom. The van der Waals surface area contributed by atoms with Gasteiger partial charge in [-0.3, -0.25) is 0 Å². The van der Waals surface area contributed by atoms with Gasteiger partial charge in [-0.2, -0.15) is 10.5 Å². The summed E-state index contributed by atoms with van der Waals surface area (Å²) in [6, 6.07) is 14.7. The number of nitrogen functional groups attached to an aromatic ring is 1. The van der Waals surface area contributed by atoms with E-state index in [1.54, 1.807) is 18.2 Å². The molecule has 0 aliphatic rings. The summed E-state index contributed by atoms with van der Waals surface area (Å²) in [5, 5.41) is 21.0. The Kier molecular flexibility index (Phi) is 3.36. The van der Waals surface area contributed by atoms with Crippen molar-refractivity contribution in [1.82, 2.24) is 0 Å². The van der Waals surface area contributed by atoms with Crippen LogP contribution in [0.15, 0.2) is 36.4 Å². The Labute approximate surface area is 111 Å². The molecule has 0 spiro atoms. The van der Waals surface area contributed by atoms with E-state index in [2.05, 4.69) is 5.32 Å². The molecule has 4 nitrogen and oxygen atoms in total. The molecule has 0 bridgehead atoms. The molecule has 0 fully saturated rings. The first kappa shape index (κ1) is 12.5. The van der Waals surface area contributed by atoms with Crippen LogP contribution in [0.3, 0.4) is 0 Å². The number of para-hydroxylation sites is 1. The van der Waals surface area contributed by atoms with Gasteiger partial charge in [-0.05, 0) is 36.8 Å². The summed E-state index contributed by atoms with van der Waals surface area (Å²) >= 11 is 0. The lowest BCUT2D eigenvalue weighted by Gasteiger charge is -2.11. The number of aryl methyl sites for hydroxylation is 1. The van der Waals surface area contributed by atoms with Gasteiger partial charge in [-0.15, -0.1) is 0 Å². The molecule has 0 aromatic heterocycles. The first-order valence-corrected chi connectivity index (χ1v) is 5.72. The molecule has 19 heavy (non-hydrogen) atoms. The molecular formula is C15H12N4. The maximum atomic E-state index is 8.99. The number of hydrogen-bond donors (Lipinski definition) is 2. The molecule has 0 aliphatic carbocycles. The molecule has 0 radical (unpaired) electrons. The maximum absolute atomic E-state index is 8.99. The highest BCUT2D eigenvalue weighted by Crippen LogP contribution is 2.26. The molecule has 4 heteroatoms. The van der Waals surface area contributed by atoms with Crippen LogP contribution in [0.1, 0.15) is 16.7 Å². The Bertz CT molecular complexity index is 705. The van der Waals surface area contributed by atoms with E-state index < -0.39 is 0 Å². The van der Waals surface area contributed by atoms with Gasteiger partial charge < -0.3 is 11.1 Å². The fourth-order valence-corrected chi connectivity index (χ4v) is 1.76. The van der Waals surface area contributed by atoms with Crippen molar-refractivity contribution in [2.24, 2.45) is 0 Å². The average Bonchev–Trinajstić information content (AvgIpc) is 2.43. The van der Waals surface area contributed by atoms with Crippen LogP contribution >= 0.6 is 0 Å². The summed E-state index contributed by atoms with van der Waals surface area (Å²) in [6.45, 7) is 1.93. The number of benzene rings is 2. The normalized spacial score (nSPS) is 9.42. The Morgan fingerprint density at radius 3 is 2.47 bits per heavy atom. The number of nitriles is 2. The number of nitrogens with one attached hydrogen (secondary N) is 1. The summed E-state index contributed by atoms with van der Waals surface area (Å²) in [5.74, 6) is 0. The summed E-state index contributed by atoms with van der Waals surface area (Å²) in [5.41, 5.74) is 9.86. The van der Waals surface area contributed by atoms with Crippen molar-refractivity contribution >= 4 is 17.1 Å². The van der Waals surface area contributed by atoms with Crippen molar-refractivity contribution < 1.29 is 0 Å². The summed E-state index contributed by atoms with van der Waals surface area (Å²) < 4.78 is 0. The SMILES string of the molecule is Cc1cccc(Nc2ccc(C#N)c(C#N)c2)c1N. The zero-order valence-electron chi connectivity index (χ0n) is 10.4. The van der Waals surface area contributed by atoms with Crippen LogP contribution in [0.2, 0.25) is 0 Å². The van der Waals surface area contributed by atoms with E-state index >= 15 is 0 Å². The van der Waals surface area contributed by atoms with Gasteiger partial charge in [0.25, 0.3) is 0 Å². The lowest BCUT2D eigenvalue weighted by atomic mass is 10.1. The molecule has 0 atom stereocenters. The fourth-order valence-electron chi connectivity index (χ4n) is 1.76. The van der Waals surface area contributed by atoms with E-state index in [0.717, 1.165) is 16.9 Å². The molecule has 0 aliphatic heterocycles. The molecule has 0 unspecified atom stereocenters. The van der Waals surface area contributed by atoms with Gasteiger partial charge in [0.1, 0.15) is 12.1 Å². The van der Waals surface area contributed by atoms with Gasteiger partial charge in [-0.25, -0.2) is 0 Å². The van der Waals surface area contributed by atoms with Crippen molar-refractivity contribution in [3.05, 3.63) is 53.1 Å². The van der Waals surface area contributed by atoms with Crippen LogP contribution in [0, 0.1) is 29.6 Å². The van der Waals surface area contributed by atoms with Crippen molar-refractivity contribution in [2.45, 2.75) is 6.92 Å². The Hall–Kier alpha value is -2.98. The first-order chi connectivity index (χ1) is 9.15. The lowest BCUT2D eigenvalue weighted by molar-refractivity contribution is 1.41. The number of anilines is 3. The third-order valence-corrected chi connectivity index (χ3v) is 2.86. The van der Waals surface area contributed by atoms with Crippen molar-refractivity contribution in [3.8, 4) is 12.1 Å². The predicted molar refractivity (Wildman–Crippen MR) is 74.7 cm³/mol. The number of hydrogen-bond acceptors (Lipinski definition) is 4. The maximum Gasteiger partial charge on any atom is 0.101 e. The Morgan fingerprint density at radius 1 is 1.05 bits per heavy atom. The predicted octanol–water partition coefficient (Wildman–Crippen LogP) is 3.06. The van der Waals surface area contributed by atoms with Gasteiger partial charge in [-0.1, -0.05) is 12.1 Å². The molecule has 2 rings (SSSR count). The quantitative estimate of drug-likeness (QED) is 0.800. The standard InChI is InChI=1S/C15H12N4/c1-10-3-2-4-14(15(10)18)19-13-6-5-11(8-16)12(7-13)9-17/h2-7,19H,18H2,1H3. The molecule has 0 saturated heterocycles. The third-order valence-electron chi connectivity index (χ3n) is 2.86. The van der Waals surface area contributed by atoms with Crippen LogP contribution in [0.25, 0.3) is 0 Å². The molecule has 0 amide bonds. The van der Waals surface area contributed by atoms with Gasteiger partial charge in [0.2, 0.25) is 0 Å². The fraction of sp³-hybridized carbons (Fsp3) is 0.0667. The number of nitrogens with two attached hydrogens (primary N) is 1. The third kappa shape index (κ3) is 2.48. The molecule has 92 valence electrons. The number of rotatable bonds is 2. The van der Waals surface area contributed by atoms with Gasteiger partial charge >= 0.3 is 0 Å². The van der Waals surface area contributed by atoms with Crippen molar-refractivity contribution in [2.75, 3.05) is 11.1 Å². The molecule has 0 heterocycles. The summed E-state index contributed by atoms with van der Waals surface area (Å²) in [4.78, 5) is 0. The summed E-state index contributed by atoms with van der Waals surface area (Å²) in [7, 11) is 0. The highest BCUT2D eigenvalue weighted by Gasteiger charge is 2.05. The van der Waals surface area contributed by atoms with Crippen molar-refractivity contribution in [3.63, 3.8) is 0 Å². The molecule has 2 aromatic rings. The van der Waals surface area contributed by atoms with Gasteiger partial charge in [0.05, 0.1) is 22.5 Å². The largest absolute Gasteiger partial charge is 0.397 e. The van der Waals surface area contributed by atoms with E-state index in [0.29, 0.717) is 16.8 Å². The molecule has 2 aromatic carbocycles. The second kappa shape index (κ2) is 5.12. The minimum absolute atomic E-state index is 0.346. The minimum Gasteiger partial charge on any atom is -0.397 e. The number of nitrogens with zero attached hydrogens (tertiary/aromatic N) is 2. The first-order valence-electron chi connectivity index (χ1n) is 5.72. The lowest BCUT2D eigenvalue weighted by Crippen LogP contribution is -1.98. The zero-order valence-corrected chi connectivity index (χ0v) is 10.4.